The van der Waals surface area contributed by atoms with E-state index in [4.69, 9.17) is 4.74 Å². The van der Waals surface area contributed by atoms with Gasteiger partial charge in [0.15, 0.2) is 0 Å². The summed E-state index contributed by atoms with van der Waals surface area (Å²) in [5.41, 5.74) is -0.318. The molecule has 1 aliphatic heterocycles. The first kappa shape index (κ1) is 13.9. The maximum Gasteiger partial charge on any atom is 0.0686 e. The van der Waals surface area contributed by atoms with E-state index in [9.17, 15) is 5.11 Å². The highest BCUT2D eigenvalue weighted by molar-refractivity contribution is 4.98. The van der Waals surface area contributed by atoms with Gasteiger partial charge in [0.25, 0.3) is 0 Å². The molecule has 1 N–H and O–H groups in total. The van der Waals surface area contributed by atoms with Crippen molar-refractivity contribution in [2.75, 3.05) is 6.61 Å². The maximum atomic E-state index is 11.2. The topological polar surface area (TPSA) is 29.5 Å². The molecule has 0 aromatic carbocycles. The Morgan fingerprint density at radius 3 is 2.32 bits per heavy atom. The molecule has 1 saturated heterocycles. The first-order valence-corrected chi connectivity index (χ1v) is 8.49. The van der Waals surface area contributed by atoms with Gasteiger partial charge in [0.05, 0.1) is 11.2 Å². The van der Waals surface area contributed by atoms with Gasteiger partial charge in [-0.1, -0.05) is 32.1 Å². The number of hydrogen-bond acceptors (Lipinski definition) is 2. The molecule has 0 aromatic rings. The van der Waals surface area contributed by atoms with Gasteiger partial charge < -0.3 is 9.84 Å². The molecule has 0 bridgehead atoms. The van der Waals surface area contributed by atoms with Crippen molar-refractivity contribution in [3.05, 3.63) is 0 Å². The van der Waals surface area contributed by atoms with Gasteiger partial charge in [-0.15, -0.1) is 0 Å². The Labute approximate surface area is 117 Å². The second kappa shape index (κ2) is 5.37. The van der Waals surface area contributed by atoms with Gasteiger partial charge >= 0.3 is 0 Å². The minimum atomic E-state index is -0.459. The van der Waals surface area contributed by atoms with Crippen molar-refractivity contribution in [1.82, 2.24) is 0 Å². The molecule has 1 heterocycles. The molecule has 2 nitrogen and oxygen atoms in total. The predicted molar refractivity (Wildman–Crippen MR) is 77.1 cm³/mol. The van der Waals surface area contributed by atoms with Gasteiger partial charge in [0.2, 0.25) is 0 Å². The summed E-state index contributed by atoms with van der Waals surface area (Å²) in [7, 11) is 0. The van der Waals surface area contributed by atoms with Crippen molar-refractivity contribution in [1.29, 1.82) is 0 Å². The summed E-state index contributed by atoms with van der Waals surface area (Å²) in [6, 6.07) is 0. The van der Waals surface area contributed by atoms with E-state index in [2.05, 4.69) is 6.92 Å². The van der Waals surface area contributed by atoms with Crippen molar-refractivity contribution in [3.8, 4) is 0 Å². The lowest BCUT2D eigenvalue weighted by atomic mass is 9.67. The van der Waals surface area contributed by atoms with Crippen LogP contribution in [0.25, 0.3) is 0 Å². The molecular weight excluding hydrogens is 236 g/mol. The van der Waals surface area contributed by atoms with Crippen LogP contribution in [0.5, 0.6) is 0 Å². The van der Waals surface area contributed by atoms with Crippen LogP contribution >= 0.6 is 0 Å². The van der Waals surface area contributed by atoms with Gasteiger partial charge in [-0.25, -0.2) is 0 Å². The van der Waals surface area contributed by atoms with Crippen LogP contribution in [0.15, 0.2) is 0 Å². The van der Waals surface area contributed by atoms with E-state index in [0.29, 0.717) is 11.8 Å². The van der Waals surface area contributed by atoms with E-state index in [1.165, 1.54) is 57.8 Å². The highest BCUT2D eigenvalue weighted by Gasteiger charge is 2.47. The number of ether oxygens (including phenoxy) is 1. The molecule has 1 spiro atoms. The molecule has 3 rings (SSSR count). The zero-order valence-electron chi connectivity index (χ0n) is 12.5. The van der Waals surface area contributed by atoms with Crippen LogP contribution in [0.1, 0.15) is 77.6 Å². The largest absolute Gasteiger partial charge is 0.390 e. The SMILES string of the molecule is CC(O)(C1CCCCC1)C1CCOC2(CCCC2)C1. The lowest BCUT2D eigenvalue weighted by Crippen LogP contribution is -2.50. The van der Waals surface area contributed by atoms with E-state index in [1.807, 2.05) is 0 Å². The molecule has 3 aliphatic rings. The van der Waals surface area contributed by atoms with Crippen molar-refractivity contribution in [2.24, 2.45) is 11.8 Å². The van der Waals surface area contributed by atoms with E-state index in [1.54, 1.807) is 0 Å². The fourth-order valence-electron chi connectivity index (χ4n) is 4.91. The zero-order chi connectivity index (χ0) is 13.3. The van der Waals surface area contributed by atoms with Crippen LogP contribution in [0.3, 0.4) is 0 Å². The molecule has 2 unspecified atom stereocenters. The lowest BCUT2D eigenvalue weighted by Gasteiger charge is -2.47. The normalized spacial score (nSPS) is 35.4. The Hall–Kier alpha value is -0.0800. The first-order valence-electron chi connectivity index (χ1n) is 8.49. The van der Waals surface area contributed by atoms with Crippen molar-refractivity contribution in [3.63, 3.8) is 0 Å². The fraction of sp³-hybridized carbons (Fsp3) is 1.00. The molecule has 2 heteroatoms. The van der Waals surface area contributed by atoms with Crippen LogP contribution in [-0.4, -0.2) is 22.9 Å². The standard InChI is InChI=1S/C17H30O2/c1-16(18,14-7-3-2-4-8-14)15-9-12-19-17(13-15)10-5-6-11-17/h14-15,18H,2-13H2,1H3. The molecule has 2 aliphatic carbocycles. The summed E-state index contributed by atoms with van der Waals surface area (Å²) in [5.74, 6) is 0.991. The third-order valence-corrected chi connectivity index (χ3v) is 6.27. The van der Waals surface area contributed by atoms with E-state index in [0.717, 1.165) is 19.4 Å². The molecule has 2 atom stereocenters. The average molecular weight is 266 g/mol. The van der Waals surface area contributed by atoms with Crippen LogP contribution in [0.2, 0.25) is 0 Å². The second-order valence-corrected chi connectivity index (χ2v) is 7.49. The molecule has 110 valence electrons. The van der Waals surface area contributed by atoms with Crippen molar-refractivity contribution < 1.29 is 9.84 Å². The highest BCUT2D eigenvalue weighted by atomic mass is 16.5. The first-order chi connectivity index (χ1) is 9.12. The number of hydrogen-bond donors (Lipinski definition) is 1. The van der Waals surface area contributed by atoms with Gasteiger partial charge in [0.1, 0.15) is 0 Å². The van der Waals surface area contributed by atoms with Gasteiger partial charge in [-0.05, 0) is 57.3 Å². The molecule has 0 radical (unpaired) electrons. The highest BCUT2D eigenvalue weighted by Crippen LogP contribution is 2.48. The Morgan fingerprint density at radius 1 is 0.947 bits per heavy atom. The number of rotatable bonds is 2. The van der Waals surface area contributed by atoms with Crippen molar-refractivity contribution >= 4 is 0 Å². The fourth-order valence-corrected chi connectivity index (χ4v) is 4.91. The molecule has 19 heavy (non-hydrogen) atoms. The summed E-state index contributed by atoms with van der Waals surface area (Å²) in [4.78, 5) is 0. The second-order valence-electron chi connectivity index (χ2n) is 7.49. The quantitative estimate of drug-likeness (QED) is 0.817. The average Bonchev–Trinajstić information content (AvgIpc) is 2.88. The summed E-state index contributed by atoms with van der Waals surface area (Å²) < 4.78 is 6.13. The molecule has 0 aromatic heterocycles. The molecule has 0 amide bonds. The Kier molecular flexibility index (Phi) is 3.92. The Balaban J connectivity index is 1.69. The monoisotopic (exact) mass is 266 g/mol. The van der Waals surface area contributed by atoms with Crippen LogP contribution < -0.4 is 0 Å². The Morgan fingerprint density at radius 2 is 1.63 bits per heavy atom. The lowest BCUT2D eigenvalue weighted by molar-refractivity contribution is -0.154. The smallest absolute Gasteiger partial charge is 0.0686 e. The van der Waals surface area contributed by atoms with Gasteiger partial charge in [0, 0.05) is 6.61 Å². The van der Waals surface area contributed by atoms with Crippen LogP contribution in [0.4, 0.5) is 0 Å². The summed E-state index contributed by atoms with van der Waals surface area (Å²) in [5, 5.41) is 11.2. The van der Waals surface area contributed by atoms with E-state index < -0.39 is 5.60 Å². The number of aliphatic hydroxyl groups is 1. The van der Waals surface area contributed by atoms with E-state index >= 15 is 0 Å². The minimum Gasteiger partial charge on any atom is -0.390 e. The Bertz CT molecular complexity index is 298. The van der Waals surface area contributed by atoms with Gasteiger partial charge in [-0.2, -0.15) is 0 Å². The predicted octanol–water partition coefficient (Wildman–Crippen LogP) is 4.06. The third-order valence-electron chi connectivity index (χ3n) is 6.27. The summed E-state index contributed by atoms with van der Waals surface area (Å²) >= 11 is 0. The van der Waals surface area contributed by atoms with Gasteiger partial charge in [-0.3, -0.25) is 0 Å². The maximum absolute atomic E-state index is 11.2. The third kappa shape index (κ3) is 2.71. The van der Waals surface area contributed by atoms with Crippen LogP contribution in [-0.2, 0) is 4.74 Å². The summed E-state index contributed by atoms with van der Waals surface area (Å²) in [6.07, 6.45) is 13.7. The van der Waals surface area contributed by atoms with E-state index in [-0.39, 0.29) is 5.60 Å². The van der Waals surface area contributed by atoms with Crippen LogP contribution in [0, 0.1) is 11.8 Å². The minimum absolute atomic E-state index is 0.140. The molecule has 3 fully saturated rings. The summed E-state index contributed by atoms with van der Waals surface area (Å²) in [6.45, 7) is 3.00. The molecular formula is C17H30O2. The zero-order valence-corrected chi connectivity index (χ0v) is 12.5. The molecule has 2 saturated carbocycles. The van der Waals surface area contributed by atoms with Crippen molar-refractivity contribution in [2.45, 2.75) is 88.8 Å².